The van der Waals surface area contributed by atoms with Crippen molar-refractivity contribution in [3.63, 3.8) is 0 Å². The largest absolute Gasteiger partial charge is 0.497 e. The highest BCUT2D eigenvalue weighted by atomic mass is 19.1. The molecule has 0 spiro atoms. The Hall–Kier alpha value is -1.87. The smallest absolute Gasteiger partial charge is 0.123 e. The summed E-state index contributed by atoms with van der Waals surface area (Å²) in [6.07, 6.45) is 0.573. The Morgan fingerprint density at radius 2 is 1.95 bits per heavy atom. The van der Waals surface area contributed by atoms with Gasteiger partial charge in [0.2, 0.25) is 0 Å². The lowest BCUT2D eigenvalue weighted by Gasteiger charge is -2.13. The van der Waals surface area contributed by atoms with Crippen molar-refractivity contribution in [3.05, 3.63) is 65.0 Å². The van der Waals surface area contributed by atoms with E-state index in [1.54, 1.807) is 13.2 Å². The van der Waals surface area contributed by atoms with Crippen LogP contribution in [-0.4, -0.2) is 18.3 Å². The molecule has 0 fully saturated rings. The molecule has 106 valence electrons. The van der Waals surface area contributed by atoms with Crippen LogP contribution < -0.4 is 4.74 Å². The van der Waals surface area contributed by atoms with Crippen molar-refractivity contribution in [1.82, 2.24) is 0 Å². The molecule has 0 aliphatic heterocycles. The van der Waals surface area contributed by atoms with Gasteiger partial charge in [-0.1, -0.05) is 18.2 Å². The van der Waals surface area contributed by atoms with E-state index in [4.69, 9.17) is 4.74 Å². The predicted molar refractivity (Wildman–Crippen MR) is 77.5 cm³/mol. The minimum absolute atomic E-state index is 0.242. The first-order valence-electron chi connectivity index (χ1n) is 6.64. The van der Waals surface area contributed by atoms with Crippen LogP contribution in [0.3, 0.4) is 0 Å². The Morgan fingerprint density at radius 1 is 1.15 bits per heavy atom. The van der Waals surface area contributed by atoms with Crippen molar-refractivity contribution in [2.24, 2.45) is 0 Å². The van der Waals surface area contributed by atoms with Crippen LogP contribution in [0.5, 0.6) is 5.75 Å². The molecule has 2 aromatic carbocycles. The Kier molecular flexibility index (Phi) is 4.74. The van der Waals surface area contributed by atoms with Gasteiger partial charge in [0.1, 0.15) is 11.6 Å². The Morgan fingerprint density at radius 3 is 2.65 bits per heavy atom. The summed E-state index contributed by atoms with van der Waals surface area (Å²) in [4.78, 5) is 0. The lowest BCUT2D eigenvalue weighted by molar-refractivity contribution is 0.175. The first kappa shape index (κ1) is 14.5. The monoisotopic (exact) mass is 274 g/mol. The SMILES string of the molecule is COc1cccc(CC(O)Cc2ccc(F)cc2C)c1. The Balaban J connectivity index is 2.02. The quantitative estimate of drug-likeness (QED) is 0.906. The number of benzene rings is 2. The van der Waals surface area contributed by atoms with Crippen LogP contribution in [0.15, 0.2) is 42.5 Å². The third kappa shape index (κ3) is 3.81. The molecule has 0 amide bonds. The van der Waals surface area contributed by atoms with Gasteiger partial charge in [-0.15, -0.1) is 0 Å². The predicted octanol–water partition coefficient (Wildman–Crippen LogP) is 3.29. The van der Waals surface area contributed by atoms with Gasteiger partial charge in [-0.3, -0.25) is 0 Å². The van der Waals surface area contributed by atoms with Gasteiger partial charge in [0, 0.05) is 0 Å². The van der Waals surface area contributed by atoms with Gasteiger partial charge in [-0.25, -0.2) is 4.39 Å². The van der Waals surface area contributed by atoms with Gasteiger partial charge in [0.15, 0.2) is 0 Å². The maximum absolute atomic E-state index is 13.0. The molecule has 2 nitrogen and oxygen atoms in total. The summed E-state index contributed by atoms with van der Waals surface area (Å²) in [5.74, 6) is 0.543. The van der Waals surface area contributed by atoms with Crippen molar-refractivity contribution < 1.29 is 14.2 Å². The zero-order chi connectivity index (χ0) is 14.5. The summed E-state index contributed by atoms with van der Waals surface area (Å²) in [6.45, 7) is 1.86. The summed E-state index contributed by atoms with van der Waals surface area (Å²) in [5, 5.41) is 10.2. The van der Waals surface area contributed by atoms with Crippen molar-refractivity contribution in [1.29, 1.82) is 0 Å². The molecule has 3 heteroatoms. The molecule has 2 aromatic rings. The number of aryl methyl sites for hydroxylation is 1. The van der Waals surface area contributed by atoms with Gasteiger partial charge in [-0.2, -0.15) is 0 Å². The van der Waals surface area contributed by atoms with E-state index in [1.165, 1.54) is 12.1 Å². The number of ether oxygens (including phenoxy) is 1. The minimum Gasteiger partial charge on any atom is -0.497 e. The van der Waals surface area contributed by atoms with E-state index in [2.05, 4.69) is 0 Å². The second-order valence-electron chi connectivity index (χ2n) is 4.98. The Labute approximate surface area is 118 Å². The minimum atomic E-state index is -0.494. The van der Waals surface area contributed by atoms with E-state index >= 15 is 0 Å². The molecule has 0 aliphatic rings. The van der Waals surface area contributed by atoms with E-state index in [9.17, 15) is 9.50 Å². The molecule has 1 unspecified atom stereocenters. The van der Waals surface area contributed by atoms with Crippen LogP contribution in [0, 0.1) is 12.7 Å². The molecule has 0 saturated carbocycles. The number of halogens is 1. The summed E-state index contributed by atoms with van der Waals surface area (Å²) in [5.41, 5.74) is 2.87. The molecule has 0 radical (unpaired) electrons. The number of rotatable bonds is 5. The highest BCUT2D eigenvalue weighted by Gasteiger charge is 2.10. The van der Waals surface area contributed by atoms with E-state index in [0.717, 1.165) is 22.4 Å². The van der Waals surface area contributed by atoms with Crippen molar-refractivity contribution in [2.45, 2.75) is 25.9 Å². The van der Waals surface area contributed by atoms with E-state index < -0.39 is 6.10 Å². The topological polar surface area (TPSA) is 29.5 Å². The third-order valence-electron chi connectivity index (χ3n) is 3.37. The third-order valence-corrected chi connectivity index (χ3v) is 3.37. The fourth-order valence-corrected chi connectivity index (χ4v) is 2.29. The summed E-state index contributed by atoms with van der Waals surface area (Å²) < 4.78 is 18.2. The van der Waals surface area contributed by atoms with E-state index in [0.29, 0.717) is 12.8 Å². The maximum atomic E-state index is 13.0. The molecule has 0 bridgehead atoms. The standard InChI is InChI=1S/C17H19FO2/c1-12-8-15(18)7-6-14(12)11-16(19)9-13-4-3-5-17(10-13)20-2/h3-8,10,16,19H,9,11H2,1-2H3. The van der Waals surface area contributed by atoms with Crippen LogP contribution in [0.25, 0.3) is 0 Å². The van der Waals surface area contributed by atoms with Gasteiger partial charge in [-0.05, 0) is 60.7 Å². The second kappa shape index (κ2) is 6.53. The van der Waals surface area contributed by atoms with Gasteiger partial charge in [0.25, 0.3) is 0 Å². The number of methoxy groups -OCH3 is 1. The highest BCUT2D eigenvalue weighted by Crippen LogP contribution is 2.17. The zero-order valence-electron chi connectivity index (χ0n) is 11.8. The highest BCUT2D eigenvalue weighted by molar-refractivity contribution is 5.30. The van der Waals surface area contributed by atoms with Gasteiger partial charge < -0.3 is 9.84 Å². The molecular formula is C17H19FO2. The molecule has 0 saturated heterocycles. The molecule has 1 N–H and O–H groups in total. The van der Waals surface area contributed by atoms with E-state index in [-0.39, 0.29) is 5.82 Å². The Bertz CT molecular complexity index is 581. The molecule has 2 rings (SSSR count). The maximum Gasteiger partial charge on any atom is 0.123 e. The molecule has 0 aromatic heterocycles. The lowest BCUT2D eigenvalue weighted by atomic mass is 9.98. The van der Waals surface area contributed by atoms with Gasteiger partial charge in [0.05, 0.1) is 13.2 Å². The molecule has 1 atom stereocenters. The van der Waals surface area contributed by atoms with Crippen molar-refractivity contribution in [2.75, 3.05) is 7.11 Å². The average Bonchev–Trinajstić information content (AvgIpc) is 2.42. The fraction of sp³-hybridized carbons (Fsp3) is 0.294. The molecular weight excluding hydrogens is 255 g/mol. The zero-order valence-corrected chi connectivity index (χ0v) is 11.8. The second-order valence-corrected chi connectivity index (χ2v) is 4.98. The number of hydrogen-bond acceptors (Lipinski definition) is 2. The summed E-state index contributed by atoms with van der Waals surface area (Å²) in [7, 11) is 1.62. The number of aliphatic hydroxyl groups is 1. The van der Waals surface area contributed by atoms with Crippen molar-refractivity contribution >= 4 is 0 Å². The van der Waals surface area contributed by atoms with Crippen LogP contribution in [0.1, 0.15) is 16.7 Å². The fourth-order valence-electron chi connectivity index (χ4n) is 2.29. The molecule has 0 heterocycles. The van der Waals surface area contributed by atoms with Crippen LogP contribution in [-0.2, 0) is 12.8 Å². The van der Waals surface area contributed by atoms with Crippen LogP contribution >= 0.6 is 0 Å². The van der Waals surface area contributed by atoms with E-state index in [1.807, 2.05) is 31.2 Å². The number of hydrogen-bond donors (Lipinski definition) is 1. The first-order chi connectivity index (χ1) is 9.58. The van der Waals surface area contributed by atoms with Crippen LogP contribution in [0.4, 0.5) is 4.39 Å². The molecule has 20 heavy (non-hydrogen) atoms. The average molecular weight is 274 g/mol. The van der Waals surface area contributed by atoms with Gasteiger partial charge >= 0.3 is 0 Å². The summed E-state index contributed by atoms with van der Waals surface area (Å²) >= 11 is 0. The summed E-state index contributed by atoms with van der Waals surface area (Å²) in [6, 6.07) is 12.3. The van der Waals surface area contributed by atoms with Crippen LogP contribution in [0.2, 0.25) is 0 Å². The molecule has 0 aliphatic carbocycles. The number of aliphatic hydroxyl groups excluding tert-OH is 1. The normalized spacial score (nSPS) is 12.2. The lowest BCUT2D eigenvalue weighted by Crippen LogP contribution is -2.14. The van der Waals surface area contributed by atoms with Crippen molar-refractivity contribution in [3.8, 4) is 5.75 Å². The first-order valence-corrected chi connectivity index (χ1v) is 6.64.